The molecule has 0 saturated carbocycles. The number of likely N-dealkylation sites (tertiary alicyclic amines) is 1. The second-order valence-electron chi connectivity index (χ2n) is 7.16. The van der Waals surface area contributed by atoms with Gasteiger partial charge in [0.15, 0.2) is 0 Å². The number of fused-ring (bicyclic) bond motifs is 1. The molecule has 2 aromatic carbocycles. The van der Waals surface area contributed by atoms with Crippen molar-refractivity contribution in [3.8, 4) is 11.1 Å². The number of amides is 1. The maximum atomic E-state index is 13.0. The zero-order valence-corrected chi connectivity index (χ0v) is 15.8. The van der Waals surface area contributed by atoms with E-state index in [-0.39, 0.29) is 12.0 Å². The molecule has 1 unspecified atom stereocenters. The van der Waals surface area contributed by atoms with Gasteiger partial charge in [0.1, 0.15) is 0 Å². The number of aryl methyl sites for hydroxylation is 1. The SMILES string of the molecule is COC1CCCN(C(=O)c2cccc(-c3cc(C)nc4ccccc34)c2)C1. The smallest absolute Gasteiger partial charge is 0.253 e. The number of aromatic nitrogens is 1. The number of ether oxygens (including phenoxy) is 1. The first-order valence-corrected chi connectivity index (χ1v) is 9.44. The van der Waals surface area contributed by atoms with Gasteiger partial charge in [0.2, 0.25) is 0 Å². The normalized spacial score (nSPS) is 17.3. The average Bonchev–Trinajstić information content (AvgIpc) is 2.72. The number of pyridine rings is 1. The van der Waals surface area contributed by atoms with E-state index in [1.54, 1.807) is 7.11 Å². The van der Waals surface area contributed by atoms with E-state index in [0.29, 0.717) is 6.54 Å². The maximum Gasteiger partial charge on any atom is 0.253 e. The van der Waals surface area contributed by atoms with Gasteiger partial charge in [-0.3, -0.25) is 9.78 Å². The van der Waals surface area contributed by atoms with Gasteiger partial charge in [-0.2, -0.15) is 0 Å². The third-order valence-corrected chi connectivity index (χ3v) is 5.26. The van der Waals surface area contributed by atoms with Crippen molar-refractivity contribution in [3.63, 3.8) is 0 Å². The zero-order chi connectivity index (χ0) is 18.8. The number of nitrogens with zero attached hydrogens (tertiary/aromatic N) is 2. The van der Waals surface area contributed by atoms with Crippen molar-refractivity contribution in [3.05, 3.63) is 65.9 Å². The molecule has 27 heavy (non-hydrogen) atoms. The number of hydrogen-bond acceptors (Lipinski definition) is 3. The van der Waals surface area contributed by atoms with Gasteiger partial charge in [-0.25, -0.2) is 0 Å². The number of para-hydroxylation sites is 1. The van der Waals surface area contributed by atoms with Gasteiger partial charge >= 0.3 is 0 Å². The molecule has 4 nitrogen and oxygen atoms in total. The molecule has 1 fully saturated rings. The molecule has 1 aliphatic rings. The lowest BCUT2D eigenvalue weighted by atomic mass is 9.98. The van der Waals surface area contributed by atoms with Crippen molar-refractivity contribution in [2.45, 2.75) is 25.9 Å². The third-order valence-electron chi connectivity index (χ3n) is 5.26. The van der Waals surface area contributed by atoms with Crippen molar-refractivity contribution >= 4 is 16.8 Å². The summed E-state index contributed by atoms with van der Waals surface area (Å²) >= 11 is 0. The van der Waals surface area contributed by atoms with Crippen LogP contribution in [0.3, 0.4) is 0 Å². The van der Waals surface area contributed by atoms with E-state index in [4.69, 9.17) is 4.74 Å². The molecule has 138 valence electrons. The van der Waals surface area contributed by atoms with Gasteiger partial charge in [0, 0.05) is 36.8 Å². The molecule has 3 aromatic rings. The summed E-state index contributed by atoms with van der Waals surface area (Å²) in [5.74, 6) is 0.0775. The molecule has 1 amide bonds. The van der Waals surface area contributed by atoms with Crippen LogP contribution >= 0.6 is 0 Å². The third kappa shape index (κ3) is 3.58. The molecule has 1 atom stereocenters. The molecule has 0 aliphatic carbocycles. The summed E-state index contributed by atoms with van der Waals surface area (Å²) in [7, 11) is 1.72. The van der Waals surface area contributed by atoms with Crippen molar-refractivity contribution < 1.29 is 9.53 Å². The lowest BCUT2D eigenvalue weighted by Crippen LogP contribution is -2.42. The molecule has 0 radical (unpaired) electrons. The van der Waals surface area contributed by atoms with Gasteiger partial charge in [-0.1, -0.05) is 30.3 Å². The summed E-state index contributed by atoms with van der Waals surface area (Å²) in [6, 6.07) is 18.2. The van der Waals surface area contributed by atoms with Gasteiger partial charge in [-0.05, 0) is 55.2 Å². The highest BCUT2D eigenvalue weighted by Gasteiger charge is 2.24. The molecular weight excluding hydrogens is 336 g/mol. The van der Waals surface area contributed by atoms with Crippen molar-refractivity contribution in [1.29, 1.82) is 0 Å². The van der Waals surface area contributed by atoms with Gasteiger partial charge in [-0.15, -0.1) is 0 Å². The lowest BCUT2D eigenvalue weighted by molar-refractivity contribution is 0.0269. The minimum Gasteiger partial charge on any atom is -0.380 e. The van der Waals surface area contributed by atoms with Crippen molar-refractivity contribution in [1.82, 2.24) is 9.88 Å². The van der Waals surface area contributed by atoms with Crippen LogP contribution in [0.1, 0.15) is 28.9 Å². The highest BCUT2D eigenvalue weighted by atomic mass is 16.5. The van der Waals surface area contributed by atoms with E-state index in [2.05, 4.69) is 23.2 Å². The van der Waals surface area contributed by atoms with E-state index in [9.17, 15) is 4.79 Å². The van der Waals surface area contributed by atoms with Crippen LogP contribution in [-0.4, -0.2) is 42.1 Å². The second kappa shape index (κ2) is 7.49. The molecular formula is C23H24N2O2. The van der Waals surface area contributed by atoms with E-state index < -0.39 is 0 Å². The molecule has 1 aromatic heterocycles. The zero-order valence-electron chi connectivity index (χ0n) is 15.8. The monoisotopic (exact) mass is 360 g/mol. The molecule has 1 aliphatic heterocycles. The Kier molecular flexibility index (Phi) is 4.90. The maximum absolute atomic E-state index is 13.0. The average molecular weight is 360 g/mol. The minimum atomic E-state index is 0.0775. The Morgan fingerprint density at radius 2 is 2.00 bits per heavy atom. The number of methoxy groups -OCH3 is 1. The molecule has 4 rings (SSSR count). The summed E-state index contributed by atoms with van der Waals surface area (Å²) in [4.78, 5) is 19.6. The molecule has 0 N–H and O–H groups in total. The van der Waals surface area contributed by atoms with E-state index in [1.165, 1.54) is 0 Å². The summed E-state index contributed by atoms with van der Waals surface area (Å²) in [6.45, 7) is 3.46. The molecule has 1 saturated heterocycles. The summed E-state index contributed by atoms with van der Waals surface area (Å²) in [6.07, 6.45) is 2.14. The highest BCUT2D eigenvalue weighted by molar-refractivity contribution is 5.99. The molecule has 2 heterocycles. The Bertz CT molecular complexity index is 983. The number of benzene rings is 2. The van der Waals surface area contributed by atoms with Crippen LogP contribution < -0.4 is 0 Å². The number of rotatable bonds is 3. The first-order chi connectivity index (χ1) is 13.2. The Morgan fingerprint density at radius 3 is 2.85 bits per heavy atom. The minimum absolute atomic E-state index is 0.0775. The van der Waals surface area contributed by atoms with Crippen LogP contribution in [0.4, 0.5) is 0 Å². The van der Waals surface area contributed by atoms with E-state index in [0.717, 1.165) is 52.7 Å². The number of piperidine rings is 1. The Hall–Kier alpha value is -2.72. The van der Waals surface area contributed by atoms with E-state index >= 15 is 0 Å². The number of hydrogen-bond donors (Lipinski definition) is 0. The topological polar surface area (TPSA) is 42.4 Å². The first-order valence-electron chi connectivity index (χ1n) is 9.44. The number of carbonyl (C=O) groups is 1. The quantitative estimate of drug-likeness (QED) is 0.692. The standard InChI is InChI=1S/C23H24N2O2/c1-16-13-21(20-10-3-4-11-22(20)24-16)17-7-5-8-18(14-17)23(26)25-12-6-9-19(15-25)27-2/h3-5,7-8,10-11,13-14,19H,6,9,12,15H2,1-2H3. The Balaban J connectivity index is 1.70. The van der Waals surface area contributed by atoms with Crippen LogP contribution in [0.2, 0.25) is 0 Å². The second-order valence-corrected chi connectivity index (χ2v) is 7.16. The van der Waals surface area contributed by atoms with Crippen LogP contribution in [0.5, 0.6) is 0 Å². The number of carbonyl (C=O) groups excluding carboxylic acids is 1. The molecule has 0 spiro atoms. The fourth-order valence-electron chi connectivity index (χ4n) is 3.86. The molecule has 4 heteroatoms. The first kappa shape index (κ1) is 17.7. The lowest BCUT2D eigenvalue weighted by Gasteiger charge is -2.32. The fourth-order valence-corrected chi connectivity index (χ4v) is 3.86. The fraction of sp³-hybridized carbons (Fsp3) is 0.304. The van der Waals surface area contributed by atoms with Crippen LogP contribution in [0.25, 0.3) is 22.0 Å². The van der Waals surface area contributed by atoms with Crippen LogP contribution in [0, 0.1) is 6.92 Å². The largest absolute Gasteiger partial charge is 0.380 e. The van der Waals surface area contributed by atoms with Gasteiger partial charge in [0.25, 0.3) is 5.91 Å². The summed E-state index contributed by atoms with van der Waals surface area (Å²) in [5.41, 5.74) is 4.83. The van der Waals surface area contributed by atoms with Crippen molar-refractivity contribution in [2.24, 2.45) is 0 Å². The Morgan fingerprint density at radius 1 is 1.15 bits per heavy atom. The Labute approximate surface area is 159 Å². The predicted molar refractivity (Wildman–Crippen MR) is 108 cm³/mol. The van der Waals surface area contributed by atoms with Gasteiger partial charge in [0.05, 0.1) is 11.6 Å². The predicted octanol–water partition coefficient (Wildman–Crippen LogP) is 4.46. The summed E-state index contributed by atoms with van der Waals surface area (Å²) in [5, 5.41) is 1.10. The van der Waals surface area contributed by atoms with Crippen LogP contribution in [-0.2, 0) is 4.74 Å². The summed E-state index contributed by atoms with van der Waals surface area (Å²) < 4.78 is 5.46. The van der Waals surface area contributed by atoms with Crippen LogP contribution in [0.15, 0.2) is 54.6 Å². The van der Waals surface area contributed by atoms with Gasteiger partial charge < -0.3 is 9.64 Å². The van der Waals surface area contributed by atoms with Crippen molar-refractivity contribution in [2.75, 3.05) is 20.2 Å². The molecule has 0 bridgehead atoms. The highest BCUT2D eigenvalue weighted by Crippen LogP contribution is 2.29. The van der Waals surface area contributed by atoms with E-state index in [1.807, 2.05) is 48.2 Å².